The SMILES string of the molecule is CN(CCCC(=O)Nc1cccc(C#N)c1)S(=O)(=O)c1ccc(F)cc1. The van der Waals surface area contributed by atoms with Gasteiger partial charge < -0.3 is 5.32 Å². The minimum Gasteiger partial charge on any atom is -0.326 e. The summed E-state index contributed by atoms with van der Waals surface area (Å²) in [6.07, 6.45) is 0.445. The van der Waals surface area contributed by atoms with Crippen LogP contribution in [-0.2, 0) is 14.8 Å². The van der Waals surface area contributed by atoms with E-state index in [1.165, 1.54) is 19.2 Å². The van der Waals surface area contributed by atoms with Crippen LogP contribution in [-0.4, -0.2) is 32.2 Å². The van der Waals surface area contributed by atoms with Crippen molar-refractivity contribution < 1.29 is 17.6 Å². The Morgan fingerprint density at radius 1 is 1.23 bits per heavy atom. The molecule has 136 valence electrons. The largest absolute Gasteiger partial charge is 0.326 e. The highest BCUT2D eigenvalue weighted by Gasteiger charge is 2.20. The van der Waals surface area contributed by atoms with Crippen molar-refractivity contribution >= 4 is 21.6 Å². The molecule has 2 aromatic carbocycles. The zero-order chi connectivity index (χ0) is 19.2. The number of amides is 1. The molecule has 0 radical (unpaired) electrons. The molecule has 0 bridgehead atoms. The molecule has 6 nitrogen and oxygen atoms in total. The van der Waals surface area contributed by atoms with Crippen molar-refractivity contribution in [1.29, 1.82) is 5.26 Å². The summed E-state index contributed by atoms with van der Waals surface area (Å²) in [4.78, 5) is 11.9. The fourth-order valence-electron chi connectivity index (χ4n) is 2.26. The maximum absolute atomic E-state index is 12.9. The topological polar surface area (TPSA) is 90.3 Å². The van der Waals surface area contributed by atoms with Crippen LogP contribution in [0, 0.1) is 17.1 Å². The molecule has 0 atom stereocenters. The van der Waals surface area contributed by atoms with Crippen molar-refractivity contribution in [2.24, 2.45) is 0 Å². The van der Waals surface area contributed by atoms with E-state index in [0.717, 1.165) is 16.4 Å². The van der Waals surface area contributed by atoms with Gasteiger partial charge >= 0.3 is 0 Å². The fraction of sp³-hybridized carbons (Fsp3) is 0.222. The van der Waals surface area contributed by atoms with E-state index in [1.54, 1.807) is 24.3 Å². The number of carbonyl (C=O) groups excluding carboxylic acids is 1. The summed E-state index contributed by atoms with van der Waals surface area (Å²) >= 11 is 0. The molecule has 0 fully saturated rings. The second kappa shape index (κ2) is 8.56. The number of nitrogens with one attached hydrogen (secondary N) is 1. The highest BCUT2D eigenvalue weighted by atomic mass is 32.2. The molecule has 0 heterocycles. The average molecular weight is 375 g/mol. The minimum absolute atomic E-state index is 0.000769. The molecule has 0 aliphatic carbocycles. The Morgan fingerprint density at radius 2 is 1.92 bits per heavy atom. The number of carbonyl (C=O) groups is 1. The molecule has 8 heteroatoms. The van der Waals surface area contributed by atoms with Crippen LogP contribution in [0.2, 0.25) is 0 Å². The molecular formula is C18H18FN3O3S. The molecule has 1 N–H and O–H groups in total. The average Bonchev–Trinajstić information content (AvgIpc) is 2.62. The second-order valence-electron chi connectivity index (χ2n) is 5.62. The van der Waals surface area contributed by atoms with Crippen LogP contribution in [0.1, 0.15) is 18.4 Å². The van der Waals surface area contributed by atoms with Gasteiger partial charge in [-0.25, -0.2) is 17.1 Å². The molecule has 0 saturated carbocycles. The number of rotatable bonds is 7. The Kier molecular flexibility index (Phi) is 6.44. The van der Waals surface area contributed by atoms with Crippen LogP contribution >= 0.6 is 0 Å². The summed E-state index contributed by atoms with van der Waals surface area (Å²) in [6, 6.07) is 13.1. The van der Waals surface area contributed by atoms with Crippen LogP contribution in [0.4, 0.5) is 10.1 Å². The summed E-state index contributed by atoms with van der Waals surface area (Å²) in [6.45, 7) is 0.144. The third kappa shape index (κ3) is 5.12. The minimum atomic E-state index is -3.72. The van der Waals surface area contributed by atoms with Gasteiger partial charge in [-0.3, -0.25) is 4.79 Å². The molecule has 2 rings (SSSR count). The van der Waals surface area contributed by atoms with Crippen molar-refractivity contribution in [3.8, 4) is 6.07 Å². The summed E-state index contributed by atoms with van der Waals surface area (Å²) in [5, 5.41) is 11.5. The lowest BCUT2D eigenvalue weighted by Crippen LogP contribution is -2.28. The molecule has 0 aliphatic rings. The standard InChI is InChI=1S/C18H18FN3O3S/c1-22(26(24,25)17-9-7-15(19)8-10-17)11-3-6-18(23)21-16-5-2-4-14(12-16)13-20/h2,4-5,7-10,12H,3,6,11H2,1H3,(H,21,23). The Morgan fingerprint density at radius 3 is 2.58 bits per heavy atom. The lowest BCUT2D eigenvalue weighted by atomic mass is 10.2. The van der Waals surface area contributed by atoms with Crippen molar-refractivity contribution in [3.63, 3.8) is 0 Å². The predicted octanol–water partition coefficient (Wildman–Crippen LogP) is 2.74. The van der Waals surface area contributed by atoms with E-state index in [-0.39, 0.29) is 23.8 Å². The molecule has 0 saturated heterocycles. The van der Waals surface area contributed by atoms with E-state index < -0.39 is 15.8 Å². The first-order valence-corrected chi connectivity index (χ1v) is 9.29. The predicted molar refractivity (Wildman–Crippen MR) is 95.2 cm³/mol. The monoisotopic (exact) mass is 375 g/mol. The van der Waals surface area contributed by atoms with Gasteiger partial charge in [0.1, 0.15) is 5.82 Å². The third-order valence-electron chi connectivity index (χ3n) is 3.67. The van der Waals surface area contributed by atoms with Crippen LogP contribution in [0.15, 0.2) is 53.4 Å². The summed E-state index contributed by atoms with van der Waals surface area (Å²) in [7, 11) is -2.31. The zero-order valence-electron chi connectivity index (χ0n) is 14.1. The van der Waals surface area contributed by atoms with Gasteiger partial charge in [0.25, 0.3) is 0 Å². The molecule has 0 aromatic heterocycles. The Balaban J connectivity index is 1.87. The lowest BCUT2D eigenvalue weighted by molar-refractivity contribution is -0.116. The molecule has 1 amide bonds. The number of nitrogens with zero attached hydrogens (tertiary/aromatic N) is 2. The van der Waals surface area contributed by atoms with E-state index in [4.69, 9.17) is 5.26 Å². The van der Waals surface area contributed by atoms with Gasteiger partial charge in [0.15, 0.2) is 0 Å². The van der Waals surface area contributed by atoms with E-state index in [2.05, 4.69) is 5.32 Å². The summed E-state index contributed by atoms with van der Waals surface area (Å²) in [5.74, 6) is -0.781. The highest BCUT2D eigenvalue weighted by Crippen LogP contribution is 2.16. The number of benzene rings is 2. The van der Waals surface area contributed by atoms with Gasteiger partial charge in [-0.05, 0) is 48.9 Å². The van der Waals surface area contributed by atoms with Crippen LogP contribution in [0.3, 0.4) is 0 Å². The summed E-state index contributed by atoms with van der Waals surface area (Å²) in [5.41, 5.74) is 0.953. The highest BCUT2D eigenvalue weighted by molar-refractivity contribution is 7.89. The van der Waals surface area contributed by atoms with Gasteiger partial charge in [-0.15, -0.1) is 0 Å². The molecular weight excluding hydrogens is 357 g/mol. The van der Waals surface area contributed by atoms with Crippen molar-refractivity contribution in [2.45, 2.75) is 17.7 Å². The number of halogens is 1. The molecule has 0 aliphatic heterocycles. The van der Waals surface area contributed by atoms with E-state index in [1.807, 2.05) is 6.07 Å². The van der Waals surface area contributed by atoms with Gasteiger partial charge in [0, 0.05) is 25.7 Å². The lowest BCUT2D eigenvalue weighted by Gasteiger charge is -2.17. The van der Waals surface area contributed by atoms with Crippen LogP contribution < -0.4 is 5.32 Å². The molecule has 0 unspecified atom stereocenters. The van der Waals surface area contributed by atoms with Crippen molar-refractivity contribution in [3.05, 3.63) is 59.9 Å². The fourth-order valence-corrected chi connectivity index (χ4v) is 3.47. The van der Waals surface area contributed by atoms with Gasteiger partial charge in [0.05, 0.1) is 16.5 Å². The summed E-state index contributed by atoms with van der Waals surface area (Å²) < 4.78 is 38.8. The Bertz CT molecular complexity index is 921. The zero-order valence-corrected chi connectivity index (χ0v) is 15.0. The molecule has 0 spiro atoms. The maximum atomic E-state index is 12.9. The molecule has 26 heavy (non-hydrogen) atoms. The maximum Gasteiger partial charge on any atom is 0.242 e. The number of hydrogen-bond acceptors (Lipinski definition) is 4. The first-order valence-electron chi connectivity index (χ1n) is 7.85. The quantitative estimate of drug-likeness (QED) is 0.806. The number of sulfonamides is 1. The normalized spacial score (nSPS) is 11.2. The molecule has 2 aromatic rings. The Labute approximate surface area is 151 Å². The first-order chi connectivity index (χ1) is 12.3. The van der Waals surface area contributed by atoms with E-state index >= 15 is 0 Å². The Hall–Kier alpha value is -2.76. The van der Waals surface area contributed by atoms with Crippen molar-refractivity contribution in [1.82, 2.24) is 4.31 Å². The van der Waals surface area contributed by atoms with Crippen molar-refractivity contribution in [2.75, 3.05) is 18.9 Å². The number of anilines is 1. The van der Waals surface area contributed by atoms with Crippen LogP contribution in [0.25, 0.3) is 0 Å². The number of nitriles is 1. The van der Waals surface area contributed by atoms with Gasteiger partial charge in [-0.2, -0.15) is 5.26 Å². The first kappa shape index (κ1) is 19.6. The van der Waals surface area contributed by atoms with Gasteiger partial charge in [-0.1, -0.05) is 6.07 Å². The van der Waals surface area contributed by atoms with Gasteiger partial charge in [0.2, 0.25) is 15.9 Å². The smallest absolute Gasteiger partial charge is 0.242 e. The van der Waals surface area contributed by atoms with E-state index in [9.17, 15) is 17.6 Å². The number of hydrogen-bond donors (Lipinski definition) is 1. The van der Waals surface area contributed by atoms with E-state index in [0.29, 0.717) is 17.7 Å². The second-order valence-corrected chi connectivity index (χ2v) is 7.67. The third-order valence-corrected chi connectivity index (χ3v) is 5.55. The van der Waals surface area contributed by atoms with Crippen LogP contribution in [0.5, 0.6) is 0 Å².